The van der Waals surface area contributed by atoms with Gasteiger partial charge in [0, 0.05) is 25.2 Å². The van der Waals surface area contributed by atoms with Crippen molar-refractivity contribution >= 4 is 11.6 Å². The first kappa shape index (κ1) is 18.3. The molecule has 0 saturated carbocycles. The normalized spacial score (nSPS) is 10.7. The van der Waals surface area contributed by atoms with Gasteiger partial charge in [-0.25, -0.2) is 4.68 Å². The smallest absolute Gasteiger partial charge is 0.259 e. The van der Waals surface area contributed by atoms with E-state index in [1.165, 1.54) is 0 Å². The number of nitrogens with zero attached hydrogens (tertiary/aromatic N) is 6. The zero-order valence-corrected chi connectivity index (χ0v) is 15.7. The van der Waals surface area contributed by atoms with Crippen LogP contribution in [0.1, 0.15) is 22.1 Å². The van der Waals surface area contributed by atoms with E-state index in [1.807, 2.05) is 12.1 Å². The van der Waals surface area contributed by atoms with Crippen molar-refractivity contribution in [2.75, 3.05) is 5.32 Å². The van der Waals surface area contributed by atoms with Crippen LogP contribution >= 0.6 is 0 Å². The minimum Gasteiger partial charge on any atom is -0.485 e. The lowest BCUT2D eigenvalue weighted by atomic mass is 10.1. The Balaban J connectivity index is 1.51. The van der Waals surface area contributed by atoms with Crippen molar-refractivity contribution in [3.05, 3.63) is 65.8 Å². The summed E-state index contributed by atoms with van der Waals surface area (Å²) in [4.78, 5) is 16.9. The number of rotatable bonds is 6. The maximum atomic E-state index is 12.8. The Morgan fingerprint density at radius 1 is 1.21 bits per heavy atom. The highest BCUT2D eigenvalue weighted by molar-refractivity contribution is 6.06. The summed E-state index contributed by atoms with van der Waals surface area (Å²) in [5.74, 6) is 1.56. The van der Waals surface area contributed by atoms with Gasteiger partial charge < -0.3 is 14.6 Å². The number of tetrazole rings is 1. The standard InChI is InChI=1S/C19H17N7O3/c1-12-20-17(23-29-12)11-28-16-9-4-3-8-15(16)19(27)21-14-7-5-6-13(10-14)18-22-24-25-26(18)2/h3-10H,11H2,1-2H3,(H,21,27). The third-order valence-electron chi connectivity index (χ3n) is 4.06. The molecule has 0 bridgehead atoms. The van der Waals surface area contributed by atoms with Gasteiger partial charge in [-0.05, 0) is 34.7 Å². The number of para-hydroxylation sites is 1. The Morgan fingerprint density at radius 2 is 2.07 bits per heavy atom. The largest absolute Gasteiger partial charge is 0.485 e. The molecule has 10 nitrogen and oxygen atoms in total. The fourth-order valence-electron chi connectivity index (χ4n) is 2.73. The number of aryl methyl sites for hydroxylation is 2. The fraction of sp³-hybridized carbons (Fsp3) is 0.158. The van der Waals surface area contributed by atoms with Crippen LogP contribution in [-0.4, -0.2) is 36.3 Å². The van der Waals surface area contributed by atoms with E-state index in [-0.39, 0.29) is 12.5 Å². The maximum Gasteiger partial charge on any atom is 0.259 e. The molecule has 4 aromatic rings. The number of anilines is 1. The molecule has 2 heterocycles. The van der Waals surface area contributed by atoms with Crippen molar-refractivity contribution in [1.29, 1.82) is 0 Å². The topological polar surface area (TPSA) is 121 Å². The molecule has 0 aliphatic carbocycles. The van der Waals surface area contributed by atoms with E-state index < -0.39 is 0 Å². The summed E-state index contributed by atoms with van der Waals surface area (Å²) in [6.45, 7) is 1.79. The van der Waals surface area contributed by atoms with Crippen LogP contribution in [0.15, 0.2) is 53.1 Å². The van der Waals surface area contributed by atoms with Gasteiger partial charge in [-0.3, -0.25) is 4.79 Å². The van der Waals surface area contributed by atoms with Gasteiger partial charge in [-0.2, -0.15) is 4.98 Å². The first-order valence-corrected chi connectivity index (χ1v) is 8.75. The summed E-state index contributed by atoms with van der Waals surface area (Å²) >= 11 is 0. The number of ether oxygens (including phenoxy) is 1. The van der Waals surface area contributed by atoms with Crippen molar-refractivity contribution in [2.24, 2.45) is 7.05 Å². The Morgan fingerprint density at radius 3 is 2.83 bits per heavy atom. The van der Waals surface area contributed by atoms with Gasteiger partial charge in [0.15, 0.2) is 12.4 Å². The summed E-state index contributed by atoms with van der Waals surface area (Å²) < 4.78 is 12.2. The lowest BCUT2D eigenvalue weighted by Gasteiger charge is -2.11. The highest BCUT2D eigenvalue weighted by Crippen LogP contribution is 2.23. The van der Waals surface area contributed by atoms with E-state index in [0.717, 1.165) is 5.56 Å². The number of benzene rings is 2. The molecule has 0 saturated heterocycles. The third kappa shape index (κ3) is 4.10. The number of carbonyl (C=O) groups excluding carboxylic acids is 1. The maximum absolute atomic E-state index is 12.8. The predicted octanol–water partition coefficient (Wildman–Crippen LogP) is 2.40. The lowest BCUT2D eigenvalue weighted by Crippen LogP contribution is -2.14. The summed E-state index contributed by atoms with van der Waals surface area (Å²) in [5, 5.41) is 18.1. The molecule has 2 aromatic carbocycles. The van der Waals surface area contributed by atoms with E-state index in [2.05, 4.69) is 31.0 Å². The van der Waals surface area contributed by atoms with E-state index in [4.69, 9.17) is 9.26 Å². The number of hydrogen-bond donors (Lipinski definition) is 1. The van der Waals surface area contributed by atoms with Crippen molar-refractivity contribution < 1.29 is 14.1 Å². The molecular weight excluding hydrogens is 374 g/mol. The number of nitrogens with one attached hydrogen (secondary N) is 1. The number of aromatic nitrogens is 6. The Kier molecular flexibility index (Phi) is 4.97. The summed E-state index contributed by atoms with van der Waals surface area (Å²) in [6, 6.07) is 14.2. The minimum absolute atomic E-state index is 0.0935. The molecule has 0 atom stereocenters. The van der Waals surface area contributed by atoms with Crippen LogP contribution in [0.5, 0.6) is 5.75 Å². The molecule has 0 spiro atoms. The van der Waals surface area contributed by atoms with Gasteiger partial charge in [0.25, 0.3) is 5.91 Å². The second-order valence-electron chi connectivity index (χ2n) is 6.18. The van der Waals surface area contributed by atoms with Crippen LogP contribution in [0.4, 0.5) is 5.69 Å². The molecule has 0 aliphatic rings. The highest BCUT2D eigenvalue weighted by atomic mass is 16.5. The van der Waals surface area contributed by atoms with Crippen LogP contribution < -0.4 is 10.1 Å². The fourth-order valence-corrected chi connectivity index (χ4v) is 2.73. The van der Waals surface area contributed by atoms with Crippen molar-refractivity contribution in [2.45, 2.75) is 13.5 Å². The van der Waals surface area contributed by atoms with Gasteiger partial charge in [0.05, 0.1) is 5.56 Å². The SMILES string of the molecule is Cc1nc(COc2ccccc2C(=O)Nc2cccc(-c3nnnn3C)c2)no1. The van der Waals surface area contributed by atoms with Crippen molar-refractivity contribution in [3.63, 3.8) is 0 Å². The zero-order valence-electron chi connectivity index (χ0n) is 15.7. The highest BCUT2D eigenvalue weighted by Gasteiger charge is 2.14. The number of amides is 1. The van der Waals surface area contributed by atoms with Gasteiger partial charge in [0.1, 0.15) is 5.75 Å². The summed E-state index contributed by atoms with van der Waals surface area (Å²) in [7, 11) is 1.75. The minimum atomic E-state index is -0.307. The van der Waals surface area contributed by atoms with E-state index >= 15 is 0 Å². The molecule has 2 aromatic heterocycles. The quantitative estimate of drug-likeness (QED) is 0.532. The number of carbonyl (C=O) groups is 1. The molecule has 0 fully saturated rings. The summed E-state index contributed by atoms with van der Waals surface area (Å²) in [6.07, 6.45) is 0. The van der Waals surface area contributed by atoms with E-state index in [9.17, 15) is 4.79 Å². The molecule has 0 unspecified atom stereocenters. The van der Waals surface area contributed by atoms with Crippen LogP contribution in [-0.2, 0) is 13.7 Å². The monoisotopic (exact) mass is 391 g/mol. The van der Waals surface area contributed by atoms with Crippen LogP contribution in [0.2, 0.25) is 0 Å². The average molecular weight is 391 g/mol. The molecule has 10 heteroatoms. The predicted molar refractivity (Wildman–Crippen MR) is 102 cm³/mol. The lowest BCUT2D eigenvalue weighted by molar-refractivity contribution is 0.102. The molecule has 0 radical (unpaired) electrons. The Hall–Kier alpha value is -4.08. The van der Waals surface area contributed by atoms with Crippen molar-refractivity contribution in [1.82, 2.24) is 30.3 Å². The molecule has 4 rings (SSSR count). The van der Waals surface area contributed by atoms with Gasteiger partial charge in [-0.15, -0.1) is 5.10 Å². The second kappa shape index (κ2) is 7.89. The number of hydrogen-bond acceptors (Lipinski definition) is 8. The van der Waals surface area contributed by atoms with Crippen molar-refractivity contribution in [3.8, 4) is 17.1 Å². The third-order valence-corrected chi connectivity index (χ3v) is 4.06. The average Bonchev–Trinajstić information content (AvgIpc) is 3.34. The van der Waals surface area contributed by atoms with E-state index in [0.29, 0.717) is 34.5 Å². The summed E-state index contributed by atoms with van der Waals surface area (Å²) in [5.41, 5.74) is 1.78. The molecule has 29 heavy (non-hydrogen) atoms. The van der Waals surface area contributed by atoms with Gasteiger partial charge in [0.2, 0.25) is 11.7 Å². The Labute approximate surface area is 165 Å². The zero-order chi connectivity index (χ0) is 20.2. The second-order valence-corrected chi connectivity index (χ2v) is 6.18. The molecule has 0 aliphatic heterocycles. The molecular formula is C19H17N7O3. The first-order valence-electron chi connectivity index (χ1n) is 8.75. The molecule has 1 N–H and O–H groups in total. The van der Waals surface area contributed by atoms with Crippen LogP contribution in [0, 0.1) is 6.92 Å². The van der Waals surface area contributed by atoms with Gasteiger partial charge >= 0.3 is 0 Å². The van der Waals surface area contributed by atoms with Crippen LogP contribution in [0.3, 0.4) is 0 Å². The van der Waals surface area contributed by atoms with Gasteiger partial charge in [-0.1, -0.05) is 29.4 Å². The Bertz CT molecular complexity index is 1150. The molecule has 146 valence electrons. The first-order chi connectivity index (χ1) is 14.1. The van der Waals surface area contributed by atoms with E-state index in [1.54, 1.807) is 55.1 Å². The molecule has 1 amide bonds. The van der Waals surface area contributed by atoms with Crippen LogP contribution in [0.25, 0.3) is 11.4 Å².